The third-order valence-electron chi connectivity index (χ3n) is 3.96. The lowest BCUT2D eigenvalue weighted by atomic mass is 9.89. The minimum atomic E-state index is -1.76. The molecular formula is C14H13F3N2O2. The predicted molar refractivity (Wildman–Crippen MR) is 66.8 cm³/mol. The van der Waals surface area contributed by atoms with Crippen molar-refractivity contribution in [2.75, 3.05) is 0 Å². The minimum Gasteiger partial charge on any atom is -0.503 e. The lowest BCUT2D eigenvalue weighted by molar-refractivity contribution is 0.0900. The van der Waals surface area contributed by atoms with Crippen LogP contribution >= 0.6 is 0 Å². The van der Waals surface area contributed by atoms with Gasteiger partial charge >= 0.3 is 0 Å². The first-order valence-corrected chi connectivity index (χ1v) is 6.42. The van der Waals surface area contributed by atoms with Crippen LogP contribution in [0.1, 0.15) is 36.5 Å². The number of hydrogen-bond acceptors (Lipinski definition) is 3. The van der Waals surface area contributed by atoms with Crippen LogP contribution in [-0.2, 0) is 0 Å². The normalized spacial score (nSPS) is 24.6. The van der Waals surface area contributed by atoms with Crippen LogP contribution in [0.5, 0.6) is 5.75 Å². The standard InChI is InChI=1S/C14H13F3N2O2/c1-7-3-2-4-14(7,6-18)19-13(21)8-5-9(15)11(17)12(20)10(8)16/h5,7,20H,2-4H2,1H3,(H,19,21)/t7-,14+/m0/s1. The first-order chi connectivity index (χ1) is 9.82. The average Bonchev–Trinajstić information content (AvgIpc) is 2.82. The van der Waals surface area contributed by atoms with Gasteiger partial charge in [0.05, 0.1) is 11.6 Å². The summed E-state index contributed by atoms with van der Waals surface area (Å²) in [5.74, 6) is -7.60. The summed E-state index contributed by atoms with van der Waals surface area (Å²) in [4.78, 5) is 12.0. The van der Waals surface area contributed by atoms with Crippen molar-refractivity contribution < 1.29 is 23.1 Å². The zero-order valence-electron chi connectivity index (χ0n) is 11.2. The molecule has 1 saturated carbocycles. The lowest BCUT2D eigenvalue weighted by Crippen LogP contribution is -2.49. The third-order valence-corrected chi connectivity index (χ3v) is 3.96. The molecule has 2 atom stereocenters. The van der Waals surface area contributed by atoms with Gasteiger partial charge in [-0.1, -0.05) is 6.92 Å². The molecule has 0 radical (unpaired) electrons. The minimum absolute atomic E-state index is 0.145. The van der Waals surface area contributed by atoms with Gasteiger partial charge < -0.3 is 10.4 Å². The summed E-state index contributed by atoms with van der Waals surface area (Å²) in [6.07, 6.45) is 1.84. The largest absolute Gasteiger partial charge is 0.503 e. The van der Waals surface area contributed by atoms with Gasteiger partial charge in [-0.3, -0.25) is 4.79 Å². The highest BCUT2D eigenvalue weighted by Crippen LogP contribution is 2.35. The highest BCUT2D eigenvalue weighted by atomic mass is 19.2. The fourth-order valence-corrected chi connectivity index (χ4v) is 2.59. The number of rotatable bonds is 2. The van der Waals surface area contributed by atoms with E-state index >= 15 is 0 Å². The van der Waals surface area contributed by atoms with E-state index in [-0.39, 0.29) is 5.92 Å². The van der Waals surface area contributed by atoms with Gasteiger partial charge in [0, 0.05) is 0 Å². The van der Waals surface area contributed by atoms with Gasteiger partial charge in [-0.25, -0.2) is 8.78 Å². The van der Waals surface area contributed by atoms with Crippen molar-refractivity contribution in [2.24, 2.45) is 5.92 Å². The number of aromatic hydroxyl groups is 1. The summed E-state index contributed by atoms with van der Waals surface area (Å²) >= 11 is 0. The molecule has 0 aromatic heterocycles. The highest BCUT2D eigenvalue weighted by molar-refractivity contribution is 5.95. The van der Waals surface area contributed by atoms with Crippen LogP contribution in [0.15, 0.2) is 6.07 Å². The topological polar surface area (TPSA) is 73.1 Å². The summed E-state index contributed by atoms with van der Waals surface area (Å²) in [6.45, 7) is 1.77. The predicted octanol–water partition coefficient (Wildman–Crippen LogP) is 2.62. The van der Waals surface area contributed by atoms with Crippen LogP contribution < -0.4 is 5.32 Å². The number of halogens is 3. The molecule has 1 aliphatic carbocycles. The van der Waals surface area contributed by atoms with Crippen LogP contribution in [-0.4, -0.2) is 16.6 Å². The van der Waals surface area contributed by atoms with E-state index in [2.05, 4.69) is 5.32 Å². The number of nitriles is 1. The molecule has 2 rings (SSSR count). The Morgan fingerprint density at radius 3 is 2.67 bits per heavy atom. The molecule has 1 aliphatic rings. The summed E-state index contributed by atoms with van der Waals surface area (Å²) < 4.78 is 39.9. The van der Waals surface area contributed by atoms with Crippen LogP contribution in [0.2, 0.25) is 0 Å². The van der Waals surface area contributed by atoms with E-state index < -0.39 is 40.2 Å². The highest BCUT2D eigenvalue weighted by Gasteiger charge is 2.42. The number of nitrogens with one attached hydrogen (secondary N) is 1. The van der Waals surface area contributed by atoms with Crippen LogP contribution in [0.25, 0.3) is 0 Å². The quantitative estimate of drug-likeness (QED) is 0.824. The number of hydrogen-bond donors (Lipinski definition) is 2. The SMILES string of the molecule is C[C@H]1CCC[C@]1(C#N)NC(=O)c1cc(F)c(F)c(O)c1F. The molecule has 7 heteroatoms. The molecule has 1 aromatic rings. The second-order valence-electron chi connectivity index (χ2n) is 5.21. The number of phenols is 1. The maximum Gasteiger partial charge on any atom is 0.255 e. The molecular weight excluding hydrogens is 285 g/mol. The van der Waals surface area contributed by atoms with Crippen molar-refractivity contribution in [3.63, 3.8) is 0 Å². The average molecular weight is 298 g/mol. The number of carbonyl (C=O) groups excluding carboxylic acids is 1. The van der Waals surface area contributed by atoms with Crippen molar-refractivity contribution in [3.8, 4) is 11.8 Å². The summed E-state index contributed by atoms with van der Waals surface area (Å²) in [7, 11) is 0. The molecule has 1 aromatic carbocycles. The van der Waals surface area contributed by atoms with E-state index in [1.54, 1.807) is 6.92 Å². The Hall–Kier alpha value is -2.23. The summed E-state index contributed by atoms with van der Waals surface area (Å²) in [5, 5.41) is 20.8. The maximum atomic E-state index is 13.7. The number of nitrogens with zero attached hydrogens (tertiary/aromatic N) is 1. The smallest absolute Gasteiger partial charge is 0.255 e. The molecule has 2 N–H and O–H groups in total. The Bertz CT molecular complexity index is 642. The Kier molecular flexibility index (Phi) is 3.81. The number of carbonyl (C=O) groups is 1. The fourth-order valence-electron chi connectivity index (χ4n) is 2.59. The van der Waals surface area contributed by atoms with E-state index in [4.69, 9.17) is 5.11 Å². The maximum absolute atomic E-state index is 13.7. The van der Waals surface area contributed by atoms with Gasteiger partial charge in [-0.05, 0) is 31.2 Å². The Morgan fingerprint density at radius 2 is 2.14 bits per heavy atom. The molecule has 1 fully saturated rings. The van der Waals surface area contributed by atoms with Crippen molar-refractivity contribution in [2.45, 2.75) is 31.7 Å². The van der Waals surface area contributed by atoms with Gasteiger partial charge in [-0.2, -0.15) is 9.65 Å². The lowest BCUT2D eigenvalue weighted by Gasteiger charge is -2.27. The molecule has 0 saturated heterocycles. The number of benzene rings is 1. The Balaban J connectivity index is 2.36. The molecule has 0 heterocycles. The Labute approximate surface area is 119 Å². The zero-order valence-corrected chi connectivity index (χ0v) is 11.2. The van der Waals surface area contributed by atoms with E-state index in [1.807, 2.05) is 6.07 Å². The molecule has 0 unspecified atom stereocenters. The second-order valence-corrected chi connectivity index (χ2v) is 5.21. The zero-order chi connectivity index (χ0) is 15.8. The van der Waals surface area contributed by atoms with Gasteiger partial charge in [-0.15, -0.1) is 0 Å². The first kappa shape index (κ1) is 15.2. The molecule has 0 aliphatic heterocycles. The van der Waals surface area contributed by atoms with E-state index in [0.29, 0.717) is 12.5 Å². The van der Waals surface area contributed by atoms with Crippen molar-refractivity contribution in [1.82, 2.24) is 5.32 Å². The third kappa shape index (κ3) is 2.42. The Morgan fingerprint density at radius 1 is 1.48 bits per heavy atom. The van der Waals surface area contributed by atoms with Crippen molar-refractivity contribution in [1.29, 1.82) is 5.26 Å². The molecule has 0 spiro atoms. The van der Waals surface area contributed by atoms with Gasteiger partial charge in [0.1, 0.15) is 5.54 Å². The molecule has 1 amide bonds. The summed E-state index contributed by atoms with van der Waals surface area (Å²) in [5.41, 5.74) is -2.00. The molecule has 112 valence electrons. The number of amides is 1. The monoisotopic (exact) mass is 298 g/mol. The summed E-state index contributed by atoms with van der Waals surface area (Å²) in [6, 6.07) is 2.37. The molecule has 21 heavy (non-hydrogen) atoms. The number of phenolic OH excluding ortho intramolecular Hbond substituents is 1. The molecule has 4 nitrogen and oxygen atoms in total. The van der Waals surface area contributed by atoms with Crippen molar-refractivity contribution >= 4 is 5.91 Å². The van der Waals surface area contributed by atoms with Gasteiger partial charge in [0.2, 0.25) is 5.82 Å². The van der Waals surface area contributed by atoms with E-state index in [1.165, 1.54) is 0 Å². The molecule has 0 bridgehead atoms. The van der Waals surface area contributed by atoms with Crippen LogP contribution in [0.4, 0.5) is 13.2 Å². The fraction of sp³-hybridized carbons (Fsp3) is 0.429. The van der Waals surface area contributed by atoms with E-state index in [9.17, 15) is 23.2 Å². The van der Waals surface area contributed by atoms with Crippen LogP contribution in [0.3, 0.4) is 0 Å². The second kappa shape index (κ2) is 5.28. The van der Waals surface area contributed by atoms with Crippen LogP contribution in [0, 0.1) is 34.7 Å². The van der Waals surface area contributed by atoms with Crippen molar-refractivity contribution in [3.05, 3.63) is 29.1 Å². The van der Waals surface area contributed by atoms with E-state index in [0.717, 1.165) is 12.8 Å². The van der Waals surface area contributed by atoms with Gasteiger partial charge in [0.15, 0.2) is 17.4 Å². The van der Waals surface area contributed by atoms with Gasteiger partial charge in [0.25, 0.3) is 5.91 Å². The first-order valence-electron chi connectivity index (χ1n) is 6.42.